The van der Waals surface area contributed by atoms with Gasteiger partial charge in [-0.1, -0.05) is 20.8 Å². The second-order valence-electron chi connectivity index (χ2n) is 3.92. The molecule has 1 aliphatic rings. The molecule has 1 aliphatic carbocycles. The van der Waals surface area contributed by atoms with Gasteiger partial charge in [0.15, 0.2) is 0 Å². The molecule has 0 radical (unpaired) electrons. The zero-order valence-electron chi connectivity index (χ0n) is 6.70. The van der Waals surface area contributed by atoms with Gasteiger partial charge in [-0.15, -0.1) is 11.6 Å². The molecule has 0 aromatic carbocycles. The average Bonchev–Trinajstić information content (AvgIpc) is 1.88. The summed E-state index contributed by atoms with van der Waals surface area (Å²) in [4.78, 5) is 11.1. The molecule has 10 heavy (non-hydrogen) atoms. The Morgan fingerprint density at radius 2 is 2.00 bits per heavy atom. The SMILES string of the molecule is CC1(CCl)CC(=O)C1(C)C. The minimum Gasteiger partial charge on any atom is -0.299 e. The number of carbonyl (C=O) groups is 1. The molecule has 0 N–H and O–H groups in total. The summed E-state index contributed by atoms with van der Waals surface area (Å²) in [5, 5.41) is 0. The Hall–Kier alpha value is -0.0400. The molecule has 1 saturated carbocycles. The molecular formula is C8H13ClO. The van der Waals surface area contributed by atoms with Crippen LogP contribution in [0.3, 0.4) is 0 Å². The minimum absolute atomic E-state index is 0.0473. The van der Waals surface area contributed by atoms with E-state index in [1.54, 1.807) is 0 Å². The molecule has 0 heterocycles. The number of ketones is 1. The van der Waals surface area contributed by atoms with Crippen molar-refractivity contribution in [1.82, 2.24) is 0 Å². The summed E-state index contributed by atoms with van der Waals surface area (Å²) in [7, 11) is 0. The van der Waals surface area contributed by atoms with Crippen molar-refractivity contribution in [2.75, 3.05) is 5.88 Å². The standard InChI is InChI=1S/C8H13ClO/c1-7(2)6(10)4-8(7,3)5-9/h4-5H2,1-3H3. The second-order valence-corrected chi connectivity index (χ2v) is 4.19. The van der Waals surface area contributed by atoms with Crippen molar-refractivity contribution in [3.8, 4) is 0 Å². The molecule has 1 nitrogen and oxygen atoms in total. The van der Waals surface area contributed by atoms with Crippen molar-refractivity contribution in [3.05, 3.63) is 0 Å². The Bertz CT molecular complexity index is 174. The molecule has 0 bridgehead atoms. The van der Waals surface area contributed by atoms with E-state index < -0.39 is 0 Å². The van der Waals surface area contributed by atoms with E-state index in [1.165, 1.54) is 0 Å². The van der Waals surface area contributed by atoms with Gasteiger partial charge in [-0.3, -0.25) is 4.79 Å². The van der Waals surface area contributed by atoms with Crippen LogP contribution in [0, 0.1) is 10.8 Å². The van der Waals surface area contributed by atoms with Gasteiger partial charge in [0, 0.05) is 17.7 Å². The summed E-state index contributed by atoms with van der Waals surface area (Å²) in [6.07, 6.45) is 0.656. The largest absolute Gasteiger partial charge is 0.299 e. The molecule has 0 amide bonds. The Labute approximate surface area is 66.8 Å². The van der Waals surface area contributed by atoms with Crippen LogP contribution in [0.1, 0.15) is 27.2 Å². The van der Waals surface area contributed by atoms with Crippen molar-refractivity contribution >= 4 is 17.4 Å². The van der Waals surface area contributed by atoms with Gasteiger partial charge in [0.1, 0.15) is 5.78 Å². The van der Waals surface area contributed by atoms with Gasteiger partial charge in [0.2, 0.25) is 0 Å². The number of halogens is 1. The lowest BCUT2D eigenvalue weighted by Gasteiger charge is -2.51. The summed E-state index contributed by atoms with van der Waals surface area (Å²) in [6.45, 7) is 6.02. The summed E-state index contributed by atoms with van der Waals surface area (Å²) in [6, 6.07) is 0. The third kappa shape index (κ3) is 0.731. The van der Waals surface area contributed by atoms with Gasteiger partial charge < -0.3 is 0 Å². The maximum Gasteiger partial charge on any atom is 0.139 e. The van der Waals surface area contributed by atoms with Crippen LogP contribution in [0.2, 0.25) is 0 Å². The molecular weight excluding hydrogens is 148 g/mol. The Morgan fingerprint density at radius 3 is 2.10 bits per heavy atom. The highest BCUT2D eigenvalue weighted by Crippen LogP contribution is 2.53. The van der Waals surface area contributed by atoms with Crippen LogP contribution in [-0.2, 0) is 4.79 Å². The van der Waals surface area contributed by atoms with Crippen molar-refractivity contribution in [2.24, 2.45) is 10.8 Å². The number of Topliss-reactive ketones (excluding diaryl/α,β-unsaturated/α-hetero) is 1. The van der Waals surface area contributed by atoms with E-state index in [9.17, 15) is 4.79 Å². The predicted octanol–water partition coefficient (Wildman–Crippen LogP) is 2.23. The van der Waals surface area contributed by atoms with E-state index in [1.807, 2.05) is 13.8 Å². The molecule has 1 unspecified atom stereocenters. The quantitative estimate of drug-likeness (QED) is 0.538. The summed E-state index contributed by atoms with van der Waals surface area (Å²) in [5.41, 5.74) is -0.139. The Kier molecular flexibility index (Phi) is 1.59. The Balaban J connectivity index is 2.80. The Morgan fingerprint density at radius 1 is 1.50 bits per heavy atom. The second kappa shape index (κ2) is 1.97. The maximum atomic E-state index is 11.1. The van der Waals surface area contributed by atoms with Gasteiger partial charge in [-0.2, -0.15) is 0 Å². The maximum absolute atomic E-state index is 11.1. The lowest BCUT2D eigenvalue weighted by molar-refractivity contribution is -0.151. The molecule has 0 aromatic rings. The van der Waals surface area contributed by atoms with Crippen LogP contribution < -0.4 is 0 Å². The first-order chi connectivity index (χ1) is 4.44. The van der Waals surface area contributed by atoms with Crippen molar-refractivity contribution in [1.29, 1.82) is 0 Å². The van der Waals surface area contributed by atoms with Crippen LogP contribution in [0.15, 0.2) is 0 Å². The fourth-order valence-electron chi connectivity index (χ4n) is 1.24. The summed E-state index contributed by atoms with van der Waals surface area (Å²) >= 11 is 5.74. The number of alkyl halides is 1. The van der Waals surface area contributed by atoms with Crippen LogP contribution in [0.25, 0.3) is 0 Å². The molecule has 2 heteroatoms. The summed E-state index contributed by atoms with van der Waals surface area (Å²) in [5.74, 6) is 0.932. The molecule has 0 aromatic heterocycles. The van der Waals surface area contributed by atoms with Crippen LogP contribution >= 0.6 is 11.6 Å². The topological polar surface area (TPSA) is 17.1 Å². The third-order valence-electron chi connectivity index (χ3n) is 3.05. The van der Waals surface area contributed by atoms with E-state index in [4.69, 9.17) is 11.6 Å². The molecule has 0 aliphatic heterocycles. The smallest absolute Gasteiger partial charge is 0.139 e. The van der Waals surface area contributed by atoms with Gasteiger partial charge in [-0.25, -0.2) is 0 Å². The van der Waals surface area contributed by atoms with Crippen molar-refractivity contribution in [2.45, 2.75) is 27.2 Å². The number of rotatable bonds is 1. The van der Waals surface area contributed by atoms with E-state index in [0.29, 0.717) is 18.1 Å². The minimum atomic E-state index is -0.186. The number of carbonyl (C=O) groups excluding carboxylic acids is 1. The first kappa shape index (κ1) is 8.06. The van der Waals surface area contributed by atoms with E-state index in [2.05, 4.69) is 6.92 Å². The highest BCUT2D eigenvalue weighted by Gasteiger charge is 2.55. The first-order valence-corrected chi connectivity index (χ1v) is 4.07. The molecule has 0 spiro atoms. The van der Waals surface area contributed by atoms with E-state index >= 15 is 0 Å². The van der Waals surface area contributed by atoms with Gasteiger partial charge in [0.05, 0.1) is 0 Å². The number of hydrogen-bond acceptors (Lipinski definition) is 1. The first-order valence-electron chi connectivity index (χ1n) is 3.53. The lowest BCUT2D eigenvalue weighted by Crippen LogP contribution is -2.55. The molecule has 0 saturated heterocycles. The lowest BCUT2D eigenvalue weighted by atomic mass is 9.52. The van der Waals surface area contributed by atoms with Gasteiger partial charge in [-0.05, 0) is 5.41 Å². The fourth-order valence-corrected chi connectivity index (χ4v) is 1.67. The monoisotopic (exact) mass is 160 g/mol. The average molecular weight is 161 g/mol. The highest BCUT2D eigenvalue weighted by atomic mass is 35.5. The van der Waals surface area contributed by atoms with Crippen LogP contribution in [0.4, 0.5) is 0 Å². The molecule has 1 atom stereocenters. The fraction of sp³-hybridized carbons (Fsp3) is 0.875. The zero-order valence-corrected chi connectivity index (χ0v) is 7.46. The van der Waals surface area contributed by atoms with Gasteiger partial charge in [0.25, 0.3) is 0 Å². The number of hydrogen-bond donors (Lipinski definition) is 0. The molecule has 1 fully saturated rings. The van der Waals surface area contributed by atoms with Crippen LogP contribution in [0.5, 0.6) is 0 Å². The van der Waals surface area contributed by atoms with E-state index in [-0.39, 0.29) is 10.8 Å². The van der Waals surface area contributed by atoms with Gasteiger partial charge >= 0.3 is 0 Å². The molecule has 1 rings (SSSR count). The van der Waals surface area contributed by atoms with Crippen molar-refractivity contribution < 1.29 is 4.79 Å². The normalized spacial score (nSPS) is 37.4. The van der Waals surface area contributed by atoms with Crippen molar-refractivity contribution in [3.63, 3.8) is 0 Å². The summed E-state index contributed by atoms with van der Waals surface area (Å²) < 4.78 is 0. The predicted molar refractivity (Wildman–Crippen MR) is 42.2 cm³/mol. The molecule has 58 valence electrons. The third-order valence-corrected chi connectivity index (χ3v) is 3.64. The van der Waals surface area contributed by atoms with Crippen LogP contribution in [-0.4, -0.2) is 11.7 Å². The highest BCUT2D eigenvalue weighted by molar-refractivity contribution is 6.19. The zero-order chi connectivity index (χ0) is 7.99. The van der Waals surface area contributed by atoms with E-state index in [0.717, 1.165) is 0 Å².